The maximum Gasteiger partial charge on any atom is 0.0621 e. The second-order valence-corrected chi connectivity index (χ2v) is 3.20. The molecule has 0 aromatic carbocycles. The van der Waals surface area contributed by atoms with E-state index in [0.29, 0.717) is 5.92 Å². The Balaban J connectivity index is 3.63. The third kappa shape index (κ3) is 6.01. The van der Waals surface area contributed by atoms with Crippen molar-refractivity contribution in [3.63, 3.8) is 0 Å². The lowest BCUT2D eigenvalue weighted by Crippen LogP contribution is -1.99. The Labute approximate surface area is 75.0 Å². The summed E-state index contributed by atoms with van der Waals surface area (Å²) in [4.78, 5) is 0. The molecule has 0 saturated heterocycles. The minimum atomic E-state index is 0.468. The van der Waals surface area contributed by atoms with E-state index in [4.69, 9.17) is 0 Å². The van der Waals surface area contributed by atoms with Gasteiger partial charge in [-0.05, 0) is 24.5 Å². The molecule has 0 aliphatic rings. The highest BCUT2D eigenvalue weighted by Gasteiger charge is 1.95. The van der Waals surface area contributed by atoms with Crippen molar-refractivity contribution in [3.8, 4) is 0 Å². The lowest BCUT2D eigenvalue weighted by molar-refractivity contribution is 0.759. The summed E-state index contributed by atoms with van der Waals surface area (Å²) < 4.78 is 0. The SMILES string of the molecule is CCCC/N=N\N=C(/C)C(C)C. The summed E-state index contributed by atoms with van der Waals surface area (Å²) in [5, 5.41) is 11.6. The number of hydrogen-bond acceptors (Lipinski definition) is 2. The number of rotatable bonds is 5. The monoisotopic (exact) mass is 169 g/mol. The number of unbranched alkanes of at least 4 members (excludes halogenated alkanes) is 1. The highest BCUT2D eigenvalue weighted by molar-refractivity contribution is 5.83. The van der Waals surface area contributed by atoms with Crippen LogP contribution < -0.4 is 0 Å². The predicted octanol–water partition coefficient (Wildman–Crippen LogP) is 3.27. The van der Waals surface area contributed by atoms with Crippen molar-refractivity contribution >= 4 is 5.71 Å². The molecule has 3 nitrogen and oxygen atoms in total. The maximum absolute atomic E-state index is 3.97. The van der Waals surface area contributed by atoms with Gasteiger partial charge in [0.25, 0.3) is 0 Å². The molecule has 0 aliphatic carbocycles. The summed E-state index contributed by atoms with van der Waals surface area (Å²) in [7, 11) is 0. The van der Waals surface area contributed by atoms with Gasteiger partial charge in [0.2, 0.25) is 0 Å². The summed E-state index contributed by atoms with van der Waals surface area (Å²) in [6, 6.07) is 0. The van der Waals surface area contributed by atoms with E-state index in [0.717, 1.165) is 25.1 Å². The van der Waals surface area contributed by atoms with Gasteiger partial charge in [0.1, 0.15) is 0 Å². The molecule has 0 unspecified atom stereocenters. The molecule has 12 heavy (non-hydrogen) atoms. The third-order valence-corrected chi connectivity index (χ3v) is 1.71. The summed E-state index contributed by atoms with van der Waals surface area (Å²) >= 11 is 0. The van der Waals surface area contributed by atoms with Gasteiger partial charge in [0, 0.05) is 5.71 Å². The highest BCUT2D eigenvalue weighted by atomic mass is 15.4. The first kappa shape index (κ1) is 11.3. The molecule has 0 spiro atoms. The van der Waals surface area contributed by atoms with Crippen LogP contribution in [-0.4, -0.2) is 12.3 Å². The highest BCUT2D eigenvalue weighted by Crippen LogP contribution is 1.97. The van der Waals surface area contributed by atoms with Gasteiger partial charge in [-0.25, -0.2) is 0 Å². The first-order chi connectivity index (χ1) is 5.68. The van der Waals surface area contributed by atoms with Gasteiger partial charge in [-0.2, -0.15) is 5.11 Å². The zero-order valence-corrected chi connectivity index (χ0v) is 8.54. The molecule has 0 aliphatic heterocycles. The Morgan fingerprint density at radius 2 is 2.00 bits per heavy atom. The fraction of sp³-hybridized carbons (Fsp3) is 0.889. The average Bonchev–Trinajstić information content (AvgIpc) is 2.03. The molecule has 0 aromatic heterocycles. The molecule has 70 valence electrons. The van der Waals surface area contributed by atoms with E-state index in [1.54, 1.807) is 0 Å². The summed E-state index contributed by atoms with van der Waals surface area (Å²) in [5.41, 5.74) is 1.04. The molecule has 3 heteroatoms. The Morgan fingerprint density at radius 1 is 1.33 bits per heavy atom. The van der Waals surface area contributed by atoms with Gasteiger partial charge < -0.3 is 0 Å². The molecule has 0 aromatic rings. The Morgan fingerprint density at radius 3 is 2.50 bits per heavy atom. The van der Waals surface area contributed by atoms with Crippen molar-refractivity contribution in [2.24, 2.45) is 21.4 Å². The number of nitrogens with zero attached hydrogens (tertiary/aromatic N) is 3. The van der Waals surface area contributed by atoms with Crippen LogP contribution in [0.4, 0.5) is 0 Å². The lowest BCUT2D eigenvalue weighted by atomic mass is 10.1. The second-order valence-electron chi connectivity index (χ2n) is 3.20. The van der Waals surface area contributed by atoms with Crippen LogP contribution in [0.5, 0.6) is 0 Å². The summed E-state index contributed by atoms with van der Waals surface area (Å²) in [6.07, 6.45) is 2.26. The molecular weight excluding hydrogens is 150 g/mol. The Bertz CT molecular complexity index is 159. The fourth-order valence-corrected chi connectivity index (χ4v) is 0.491. The lowest BCUT2D eigenvalue weighted by Gasteiger charge is -1.98. The van der Waals surface area contributed by atoms with Crippen LogP contribution in [-0.2, 0) is 0 Å². The normalized spacial score (nSPS) is 13.2. The molecule has 0 radical (unpaired) electrons. The molecule has 0 heterocycles. The largest absolute Gasteiger partial charge is 0.169 e. The van der Waals surface area contributed by atoms with Gasteiger partial charge in [-0.3, -0.25) is 0 Å². The zero-order valence-electron chi connectivity index (χ0n) is 8.54. The van der Waals surface area contributed by atoms with Gasteiger partial charge in [0.05, 0.1) is 6.54 Å². The third-order valence-electron chi connectivity index (χ3n) is 1.71. The van der Waals surface area contributed by atoms with E-state index < -0.39 is 0 Å². The zero-order chi connectivity index (χ0) is 9.40. The van der Waals surface area contributed by atoms with Crippen LogP contribution in [0.1, 0.15) is 40.5 Å². The van der Waals surface area contributed by atoms with Crippen LogP contribution in [0.25, 0.3) is 0 Å². The predicted molar refractivity (Wildman–Crippen MR) is 52.6 cm³/mol. The minimum absolute atomic E-state index is 0.468. The smallest absolute Gasteiger partial charge is 0.0621 e. The molecule has 0 amide bonds. The topological polar surface area (TPSA) is 37.1 Å². The number of hydrogen-bond donors (Lipinski definition) is 0. The van der Waals surface area contributed by atoms with Crippen LogP contribution in [0.2, 0.25) is 0 Å². The van der Waals surface area contributed by atoms with Crippen LogP contribution in [0.15, 0.2) is 15.4 Å². The van der Waals surface area contributed by atoms with Crippen molar-refractivity contribution < 1.29 is 0 Å². The molecular formula is C9H19N3. The molecule has 0 N–H and O–H groups in total. The summed E-state index contributed by atoms with van der Waals surface area (Å²) in [5.74, 6) is 0.468. The van der Waals surface area contributed by atoms with E-state index in [2.05, 4.69) is 36.2 Å². The molecule has 0 fully saturated rings. The van der Waals surface area contributed by atoms with Crippen LogP contribution in [0.3, 0.4) is 0 Å². The second kappa shape index (κ2) is 6.95. The summed E-state index contributed by atoms with van der Waals surface area (Å²) in [6.45, 7) is 9.10. The van der Waals surface area contributed by atoms with Crippen molar-refractivity contribution in [2.75, 3.05) is 6.54 Å². The Kier molecular flexibility index (Phi) is 6.53. The van der Waals surface area contributed by atoms with Crippen molar-refractivity contribution in [1.29, 1.82) is 0 Å². The van der Waals surface area contributed by atoms with E-state index in [-0.39, 0.29) is 0 Å². The van der Waals surface area contributed by atoms with Crippen LogP contribution in [0, 0.1) is 5.92 Å². The molecule has 0 bridgehead atoms. The van der Waals surface area contributed by atoms with Crippen LogP contribution >= 0.6 is 0 Å². The van der Waals surface area contributed by atoms with E-state index in [1.807, 2.05) is 6.92 Å². The van der Waals surface area contributed by atoms with Gasteiger partial charge in [-0.15, -0.1) is 5.10 Å². The van der Waals surface area contributed by atoms with Crippen molar-refractivity contribution in [1.82, 2.24) is 0 Å². The standard InChI is InChI=1S/C9H19N3/c1-5-6-7-10-12-11-9(4)8(2)3/h8H,5-7H2,1-4H3/b11-9+,12-10-. The van der Waals surface area contributed by atoms with Gasteiger partial charge in [0.15, 0.2) is 0 Å². The first-order valence-electron chi connectivity index (χ1n) is 4.59. The quantitative estimate of drug-likeness (QED) is 0.262. The van der Waals surface area contributed by atoms with Gasteiger partial charge >= 0.3 is 0 Å². The van der Waals surface area contributed by atoms with Crippen molar-refractivity contribution in [2.45, 2.75) is 40.5 Å². The average molecular weight is 169 g/mol. The first-order valence-corrected chi connectivity index (χ1v) is 4.59. The minimum Gasteiger partial charge on any atom is -0.169 e. The van der Waals surface area contributed by atoms with E-state index in [9.17, 15) is 0 Å². The molecule has 0 atom stereocenters. The van der Waals surface area contributed by atoms with Gasteiger partial charge in [-0.1, -0.05) is 27.2 Å². The van der Waals surface area contributed by atoms with E-state index in [1.165, 1.54) is 0 Å². The van der Waals surface area contributed by atoms with E-state index >= 15 is 0 Å². The molecule has 0 rings (SSSR count). The maximum atomic E-state index is 3.97. The molecule has 0 saturated carbocycles. The Hall–Kier alpha value is -0.730. The van der Waals surface area contributed by atoms with Crippen molar-refractivity contribution in [3.05, 3.63) is 0 Å². The fourth-order valence-electron chi connectivity index (χ4n) is 0.491.